The van der Waals surface area contributed by atoms with Crippen LogP contribution in [0.25, 0.3) is 0 Å². The number of nitrogens with zero attached hydrogens (tertiary/aromatic N) is 3. The Morgan fingerprint density at radius 1 is 1.12 bits per heavy atom. The van der Waals surface area contributed by atoms with Crippen molar-refractivity contribution in [2.75, 3.05) is 33.3 Å². The van der Waals surface area contributed by atoms with E-state index in [-0.39, 0.29) is 11.9 Å². The molecule has 1 aromatic heterocycles. The van der Waals surface area contributed by atoms with Crippen LogP contribution in [0.1, 0.15) is 45.9 Å². The lowest BCUT2D eigenvalue weighted by atomic mass is 10.1. The number of carbonyl (C=O) groups excluding carboxylic acids is 1. The molecule has 7 nitrogen and oxygen atoms in total. The molecule has 0 saturated carbocycles. The van der Waals surface area contributed by atoms with Crippen molar-refractivity contribution in [3.8, 4) is 11.5 Å². The molecule has 0 bridgehead atoms. The summed E-state index contributed by atoms with van der Waals surface area (Å²) in [6.07, 6.45) is 0. The molecular weight excluding hydrogens is 454 g/mol. The SMILES string of the molecule is COc1cc(C(=O)N2CCN(C(C)c3ccccc3Cl)CC2)ccc1OCc1c(C)noc1C. The summed E-state index contributed by atoms with van der Waals surface area (Å²) < 4.78 is 16.6. The lowest BCUT2D eigenvalue weighted by Gasteiger charge is -2.38. The van der Waals surface area contributed by atoms with Gasteiger partial charge in [0.25, 0.3) is 5.91 Å². The van der Waals surface area contributed by atoms with Crippen molar-refractivity contribution >= 4 is 17.5 Å². The fourth-order valence-corrected chi connectivity index (χ4v) is 4.58. The molecule has 1 fully saturated rings. The van der Waals surface area contributed by atoms with Gasteiger partial charge in [0.15, 0.2) is 11.5 Å². The summed E-state index contributed by atoms with van der Waals surface area (Å²) in [4.78, 5) is 17.4. The van der Waals surface area contributed by atoms with Crippen molar-refractivity contribution < 1.29 is 18.8 Å². The number of hydrogen-bond acceptors (Lipinski definition) is 6. The standard InChI is InChI=1S/C26H30ClN3O4/c1-17-22(19(3)34-28-17)16-33-24-10-9-20(15-25(24)32-4)26(31)30-13-11-29(12-14-30)18(2)21-7-5-6-8-23(21)27/h5-10,15,18H,11-14,16H2,1-4H3. The summed E-state index contributed by atoms with van der Waals surface area (Å²) in [7, 11) is 1.57. The Morgan fingerprint density at radius 2 is 1.85 bits per heavy atom. The number of amides is 1. The highest BCUT2D eigenvalue weighted by Gasteiger charge is 2.26. The largest absolute Gasteiger partial charge is 0.493 e. The van der Waals surface area contributed by atoms with Gasteiger partial charge < -0.3 is 18.9 Å². The van der Waals surface area contributed by atoms with Crippen molar-refractivity contribution in [2.24, 2.45) is 0 Å². The van der Waals surface area contributed by atoms with Crippen LogP contribution in [0.2, 0.25) is 5.02 Å². The normalized spacial score (nSPS) is 15.3. The van der Waals surface area contributed by atoms with Gasteiger partial charge in [-0.2, -0.15) is 0 Å². The molecule has 180 valence electrons. The van der Waals surface area contributed by atoms with E-state index in [1.807, 2.05) is 36.9 Å². The highest BCUT2D eigenvalue weighted by Crippen LogP contribution is 2.31. The van der Waals surface area contributed by atoms with Crippen molar-refractivity contribution in [3.05, 3.63) is 75.6 Å². The molecule has 1 aliphatic heterocycles. The zero-order valence-corrected chi connectivity index (χ0v) is 20.8. The number of rotatable bonds is 7. The number of ether oxygens (including phenoxy) is 2. The van der Waals surface area contributed by atoms with Gasteiger partial charge in [-0.05, 0) is 50.6 Å². The third-order valence-corrected chi connectivity index (χ3v) is 6.81. The van der Waals surface area contributed by atoms with Crippen LogP contribution in [0.5, 0.6) is 11.5 Å². The smallest absolute Gasteiger partial charge is 0.254 e. The second-order valence-electron chi connectivity index (χ2n) is 8.48. The number of aryl methyl sites for hydroxylation is 2. The zero-order chi connectivity index (χ0) is 24.2. The van der Waals surface area contributed by atoms with Crippen LogP contribution in [0, 0.1) is 13.8 Å². The molecule has 2 aromatic carbocycles. The maximum Gasteiger partial charge on any atom is 0.254 e. The Morgan fingerprint density at radius 3 is 2.50 bits per heavy atom. The fourth-order valence-electron chi connectivity index (χ4n) is 4.28. The molecule has 0 radical (unpaired) electrons. The van der Waals surface area contributed by atoms with Gasteiger partial charge in [0.1, 0.15) is 12.4 Å². The van der Waals surface area contributed by atoms with Crippen molar-refractivity contribution in [3.63, 3.8) is 0 Å². The van der Waals surface area contributed by atoms with E-state index in [1.165, 1.54) is 0 Å². The average molecular weight is 484 g/mol. The lowest BCUT2D eigenvalue weighted by molar-refractivity contribution is 0.0581. The Kier molecular flexibility index (Phi) is 7.44. The van der Waals surface area contributed by atoms with E-state index in [0.717, 1.165) is 40.7 Å². The van der Waals surface area contributed by atoms with Crippen molar-refractivity contribution in [1.29, 1.82) is 0 Å². The maximum absolute atomic E-state index is 13.2. The molecule has 0 spiro atoms. The number of benzene rings is 2. The minimum Gasteiger partial charge on any atom is -0.493 e. The molecule has 1 saturated heterocycles. The molecule has 4 rings (SSSR count). The predicted molar refractivity (Wildman–Crippen MR) is 131 cm³/mol. The lowest BCUT2D eigenvalue weighted by Crippen LogP contribution is -2.49. The number of methoxy groups -OCH3 is 1. The molecule has 0 N–H and O–H groups in total. The molecule has 1 unspecified atom stereocenters. The van der Waals surface area contributed by atoms with E-state index >= 15 is 0 Å². The van der Waals surface area contributed by atoms with E-state index < -0.39 is 0 Å². The van der Waals surface area contributed by atoms with Gasteiger partial charge in [-0.15, -0.1) is 0 Å². The monoisotopic (exact) mass is 483 g/mol. The van der Waals surface area contributed by atoms with Crippen LogP contribution in [-0.2, 0) is 6.61 Å². The van der Waals surface area contributed by atoms with E-state index in [1.54, 1.807) is 25.3 Å². The maximum atomic E-state index is 13.2. The molecule has 2 heterocycles. The van der Waals surface area contributed by atoms with Gasteiger partial charge in [-0.25, -0.2) is 0 Å². The van der Waals surface area contributed by atoms with Crippen LogP contribution in [0.4, 0.5) is 0 Å². The van der Waals surface area contributed by atoms with Gasteiger partial charge in [0.2, 0.25) is 0 Å². The summed E-state index contributed by atoms with van der Waals surface area (Å²) >= 11 is 6.38. The van der Waals surface area contributed by atoms with Crippen molar-refractivity contribution in [2.45, 2.75) is 33.4 Å². The first-order valence-corrected chi connectivity index (χ1v) is 11.8. The second-order valence-corrected chi connectivity index (χ2v) is 8.89. The van der Waals surface area contributed by atoms with E-state index in [9.17, 15) is 4.79 Å². The molecule has 0 aliphatic carbocycles. The number of hydrogen-bond donors (Lipinski definition) is 0. The summed E-state index contributed by atoms with van der Waals surface area (Å²) in [6.45, 7) is 9.08. The third kappa shape index (κ3) is 5.05. The molecule has 8 heteroatoms. The van der Waals surface area contributed by atoms with Crippen LogP contribution in [-0.4, -0.2) is 54.2 Å². The van der Waals surface area contributed by atoms with Crippen LogP contribution in [0.15, 0.2) is 47.0 Å². The summed E-state index contributed by atoms with van der Waals surface area (Å²) in [5, 5.41) is 4.73. The van der Waals surface area contributed by atoms with Crippen molar-refractivity contribution in [1.82, 2.24) is 15.0 Å². The molecule has 1 amide bonds. The summed E-state index contributed by atoms with van der Waals surface area (Å²) in [5.41, 5.74) is 3.40. The quantitative estimate of drug-likeness (QED) is 0.468. The van der Waals surface area contributed by atoms with E-state index in [0.29, 0.717) is 36.8 Å². The average Bonchev–Trinajstić information content (AvgIpc) is 3.19. The minimum atomic E-state index is -0.0133. The first-order valence-electron chi connectivity index (χ1n) is 11.4. The summed E-state index contributed by atoms with van der Waals surface area (Å²) in [6, 6.07) is 13.4. The Balaban J connectivity index is 1.39. The second kappa shape index (κ2) is 10.5. The number of aromatic nitrogens is 1. The first kappa shape index (κ1) is 24.1. The van der Waals surface area contributed by atoms with Crippen LogP contribution < -0.4 is 9.47 Å². The molecule has 1 aliphatic rings. The third-order valence-electron chi connectivity index (χ3n) is 6.47. The predicted octanol–water partition coefficient (Wildman–Crippen LogP) is 5.05. The van der Waals surface area contributed by atoms with Gasteiger partial charge in [0.05, 0.1) is 18.4 Å². The Hall–Kier alpha value is -3.03. The number of halogens is 1. The summed E-state index contributed by atoms with van der Waals surface area (Å²) in [5.74, 6) is 1.80. The van der Waals surface area contributed by atoms with Gasteiger partial charge in [0, 0.05) is 42.8 Å². The van der Waals surface area contributed by atoms with Gasteiger partial charge in [-0.1, -0.05) is 35.0 Å². The molecule has 3 aromatic rings. The van der Waals surface area contributed by atoms with Gasteiger partial charge in [-0.3, -0.25) is 9.69 Å². The first-order chi connectivity index (χ1) is 16.4. The highest BCUT2D eigenvalue weighted by molar-refractivity contribution is 6.31. The number of piperazine rings is 1. The van der Waals surface area contributed by atoms with Gasteiger partial charge >= 0.3 is 0 Å². The highest BCUT2D eigenvalue weighted by atomic mass is 35.5. The molecule has 34 heavy (non-hydrogen) atoms. The minimum absolute atomic E-state index is 0.0133. The fraction of sp³-hybridized carbons (Fsp3) is 0.385. The van der Waals surface area contributed by atoms with E-state index in [2.05, 4.69) is 23.0 Å². The Labute approximate surface area is 205 Å². The Bertz CT molecular complexity index is 1140. The van der Waals surface area contributed by atoms with Crippen LogP contribution in [0.3, 0.4) is 0 Å². The molecular formula is C26H30ClN3O4. The van der Waals surface area contributed by atoms with E-state index in [4.69, 9.17) is 25.6 Å². The topological polar surface area (TPSA) is 68.0 Å². The van der Waals surface area contributed by atoms with Crippen LogP contribution >= 0.6 is 11.6 Å². The molecule has 1 atom stereocenters. The zero-order valence-electron chi connectivity index (χ0n) is 20.0. The number of carbonyl (C=O) groups is 1.